The molecular formula is C19H34IN5O. The molecule has 1 saturated carbocycles. The summed E-state index contributed by atoms with van der Waals surface area (Å²) >= 11 is 0. The minimum absolute atomic E-state index is 0. The number of fused-ring (bicyclic) bond motifs is 1. The molecule has 0 amide bonds. The summed E-state index contributed by atoms with van der Waals surface area (Å²) < 4.78 is 8.10. The number of hydrogen-bond donors (Lipinski definition) is 2. The van der Waals surface area contributed by atoms with Crippen molar-refractivity contribution < 1.29 is 4.74 Å². The Morgan fingerprint density at radius 2 is 2.23 bits per heavy atom. The van der Waals surface area contributed by atoms with E-state index in [4.69, 9.17) is 9.73 Å². The molecule has 1 aromatic rings. The van der Waals surface area contributed by atoms with E-state index >= 15 is 0 Å². The summed E-state index contributed by atoms with van der Waals surface area (Å²) in [6.45, 7) is 14.4. The lowest BCUT2D eigenvalue weighted by molar-refractivity contribution is -0.106. The van der Waals surface area contributed by atoms with Gasteiger partial charge in [0.1, 0.15) is 12.4 Å². The molecule has 0 aromatic carbocycles. The fourth-order valence-electron chi connectivity index (χ4n) is 4.29. The lowest BCUT2D eigenvalue weighted by Gasteiger charge is -2.54. The zero-order valence-electron chi connectivity index (χ0n) is 16.7. The van der Waals surface area contributed by atoms with Crippen LogP contribution in [-0.2, 0) is 17.8 Å². The van der Waals surface area contributed by atoms with Gasteiger partial charge in [-0.25, -0.2) is 9.98 Å². The molecule has 1 saturated heterocycles. The van der Waals surface area contributed by atoms with Crippen LogP contribution in [0.25, 0.3) is 0 Å². The summed E-state index contributed by atoms with van der Waals surface area (Å²) in [5.41, 5.74) is 0.146. The molecule has 0 bridgehead atoms. The Labute approximate surface area is 174 Å². The fourth-order valence-corrected chi connectivity index (χ4v) is 4.29. The molecule has 26 heavy (non-hydrogen) atoms. The van der Waals surface area contributed by atoms with Gasteiger partial charge >= 0.3 is 0 Å². The Kier molecular flexibility index (Phi) is 7.35. The van der Waals surface area contributed by atoms with Crippen molar-refractivity contribution in [2.45, 2.75) is 66.3 Å². The van der Waals surface area contributed by atoms with E-state index in [9.17, 15) is 0 Å². The highest BCUT2D eigenvalue weighted by atomic mass is 127. The normalized spacial score (nSPS) is 26.8. The zero-order chi connectivity index (χ0) is 18.0. The first-order valence-electron chi connectivity index (χ1n) is 9.60. The van der Waals surface area contributed by atoms with Gasteiger partial charge in [0.15, 0.2) is 5.96 Å². The lowest BCUT2D eigenvalue weighted by Crippen LogP contribution is -2.67. The largest absolute Gasteiger partial charge is 0.377 e. The predicted octanol–water partition coefficient (Wildman–Crippen LogP) is 3.03. The van der Waals surface area contributed by atoms with Crippen LogP contribution < -0.4 is 10.6 Å². The minimum Gasteiger partial charge on any atom is -0.377 e. The maximum Gasteiger partial charge on any atom is 0.191 e. The second-order valence-electron chi connectivity index (χ2n) is 8.27. The third-order valence-corrected chi connectivity index (χ3v) is 5.48. The van der Waals surface area contributed by atoms with Gasteiger partial charge in [-0.3, -0.25) is 0 Å². The average molecular weight is 475 g/mol. The maximum absolute atomic E-state index is 5.90. The SMILES string of the molecule is CCNC(=NCc1nccn1CC(C)C)NC1C2CCOC2C1(C)C.I. The smallest absolute Gasteiger partial charge is 0.191 e. The summed E-state index contributed by atoms with van der Waals surface area (Å²) in [4.78, 5) is 9.27. The molecule has 1 aliphatic heterocycles. The first kappa shape index (κ1) is 21.5. The van der Waals surface area contributed by atoms with E-state index < -0.39 is 0 Å². The number of halogens is 1. The van der Waals surface area contributed by atoms with E-state index in [0.29, 0.717) is 30.5 Å². The predicted molar refractivity (Wildman–Crippen MR) is 116 cm³/mol. The molecule has 148 valence electrons. The number of ether oxygens (including phenoxy) is 1. The Morgan fingerprint density at radius 3 is 2.92 bits per heavy atom. The molecule has 3 rings (SSSR count). The number of aliphatic imine (C=N–C) groups is 1. The standard InChI is InChI=1S/C19H33N5O.HI/c1-6-20-18(22-11-15-21-8-9-24(15)12-13(2)3)23-16-14-7-10-25-17(14)19(16,4)5;/h8-9,13-14,16-17H,6-7,10-12H2,1-5H3,(H2,20,22,23);1H. The van der Waals surface area contributed by atoms with Crippen molar-refractivity contribution in [3.05, 3.63) is 18.2 Å². The van der Waals surface area contributed by atoms with E-state index in [1.54, 1.807) is 0 Å². The van der Waals surface area contributed by atoms with Gasteiger partial charge in [0.2, 0.25) is 0 Å². The molecule has 1 aliphatic carbocycles. The van der Waals surface area contributed by atoms with Gasteiger partial charge in [-0.05, 0) is 19.3 Å². The van der Waals surface area contributed by atoms with Crippen LogP contribution in [0.3, 0.4) is 0 Å². The van der Waals surface area contributed by atoms with Gasteiger partial charge in [-0.1, -0.05) is 27.7 Å². The van der Waals surface area contributed by atoms with Crippen molar-refractivity contribution in [1.29, 1.82) is 0 Å². The number of hydrogen-bond acceptors (Lipinski definition) is 3. The van der Waals surface area contributed by atoms with Crippen molar-refractivity contribution in [1.82, 2.24) is 20.2 Å². The van der Waals surface area contributed by atoms with E-state index in [0.717, 1.165) is 37.9 Å². The molecule has 1 aromatic heterocycles. The van der Waals surface area contributed by atoms with Crippen LogP contribution >= 0.6 is 24.0 Å². The number of nitrogens with zero attached hydrogens (tertiary/aromatic N) is 3. The van der Waals surface area contributed by atoms with Crippen LogP contribution in [-0.4, -0.2) is 40.8 Å². The summed E-state index contributed by atoms with van der Waals surface area (Å²) in [5, 5.41) is 7.04. The number of nitrogens with one attached hydrogen (secondary N) is 2. The molecule has 3 atom stereocenters. The molecule has 0 radical (unpaired) electrons. The average Bonchev–Trinajstić information content (AvgIpc) is 3.17. The highest BCUT2D eigenvalue weighted by Crippen LogP contribution is 2.52. The monoisotopic (exact) mass is 475 g/mol. The van der Waals surface area contributed by atoms with Gasteiger partial charge in [-0.15, -0.1) is 24.0 Å². The van der Waals surface area contributed by atoms with E-state index in [1.165, 1.54) is 0 Å². The van der Waals surface area contributed by atoms with Crippen LogP contribution in [0.4, 0.5) is 0 Å². The lowest BCUT2D eigenvalue weighted by atomic mass is 9.57. The van der Waals surface area contributed by atoms with Crippen molar-refractivity contribution in [3.8, 4) is 0 Å². The second kappa shape index (κ2) is 8.91. The van der Waals surface area contributed by atoms with Gasteiger partial charge in [0.25, 0.3) is 0 Å². The van der Waals surface area contributed by atoms with Gasteiger partial charge in [0, 0.05) is 49.5 Å². The summed E-state index contributed by atoms with van der Waals surface area (Å²) in [7, 11) is 0. The summed E-state index contributed by atoms with van der Waals surface area (Å²) in [6, 6.07) is 0.410. The molecule has 2 fully saturated rings. The molecule has 0 spiro atoms. The molecule has 7 heteroatoms. The topological polar surface area (TPSA) is 63.5 Å². The van der Waals surface area contributed by atoms with E-state index in [2.05, 4.69) is 54.8 Å². The van der Waals surface area contributed by atoms with Gasteiger partial charge in [-0.2, -0.15) is 0 Å². The summed E-state index contributed by atoms with van der Waals surface area (Å²) in [5.74, 6) is 3.09. The number of guanidine groups is 1. The minimum atomic E-state index is 0. The molecule has 2 heterocycles. The molecule has 6 nitrogen and oxygen atoms in total. The van der Waals surface area contributed by atoms with Gasteiger partial charge < -0.3 is 19.9 Å². The van der Waals surface area contributed by atoms with Crippen LogP contribution in [0, 0.1) is 17.3 Å². The van der Waals surface area contributed by atoms with Crippen molar-refractivity contribution in [2.75, 3.05) is 13.2 Å². The Morgan fingerprint density at radius 1 is 1.46 bits per heavy atom. The Balaban J connectivity index is 0.00000243. The van der Waals surface area contributed by atoms with Crippen LogP contribution in [0.15, 0.2) is 17.4 Å². The van der Waals surface area contributed by atoms with Crippen LogP contribution in [0.5, 0.6) is 0 Å². The van der Waals surface area contributed by atoms with Crippen molar-refractivity contribution in [2.24, 2.45) is 22.2 Å². The summed E-state index contributed by atoms with van der Waals surface area (Å²) in [6.07, 6.45) is 5.44. The first-order valence-corrected chi connectivity index (χ1v) is 9.60. The molecule has 2 aliphatic rings. The number of aromatic nitrogens is 2. The third kappa shape index (κ3) is 4.35. The van der Waals surface area contributed by atoms with Crippen molar-refractivity contribution in [3.63, 3.8) is 0 Å². The highest BCUT2D eigenvalue weighted by Gasteiger charge is 2.59. The Bertz CT molecular complexity index is 613. The number of rotatable bonds is 6. The van der Waals surface area contributed by atoms with Crippen LogP contribution in [0.1, 0.15) is 46.9 Å². The van der Waals surface area contributed by atoms with Crippen molar-refractivity contribution >= 4 is 29.9 Å². The highest BCUT2D eigenvalue weighted by molar-refractivity contribution is 14.0. The molecule has 2 N–H and O–H groups in total. The molecule has 3 unspecified atom stereocenters. The quantitative estimate of drug-likeness (QED) is 0.377. The molecular weight excluding hydrogens is 441 g/mol. The van der Waals surface area contributed by atoms with E-state index in [1.807, 2.05) is 12.4 Å². The Hall–Kier alpha value is -0.830. The van der Waals surface area contributed by atoms with E-state index in [-0.39, 0.29) is 29.4 Å². The zero-order valence-corrected chi connectivity index (χ0v) is 19.0. The van der Waals surface area contributed by atoms with Crippen LogP contribution in [0.2, 0.25) is 0 Å². The first-order chi connectivity index (χ1) is 11.9. The second-order valence-corrected chi connectivity index (χ2v) is 8.27. The van der Waals surface area contributed by atoms with Gasteiger partial charge in [0.05, 0.1) is 6.10 Å². The third-order valence-electron chi connectivity index (χ3n) is 5.48. The fraction of sp³-hybridized carbons (Fsp3) is 0.789. The maximum atomic E-state index is 5.90. The number of imidazole rings is 1.